The van der Waals surface area contributed by atoms with Crippen LogP contribution in [0.4, 0.5) is 0 Å². The SMILES string of the molecule is Cc1cc(S(=O)(=O)N2CC[C@H](Oc3ccncn3)C2)c(Cl)cc1Cl. The maximum atomic E-state index is 12.8. The maximum Gasteiger partial charge on any atom is 0.244 e. The third kappa shape index (κ3) is 3.49. The summed E-state index contributed by atoms with van der Waals surface area (Å²) < 4.78 is 32.7. The number of halogens is 2. The number of ether oxygens (including phenoxy) is 1. The predicted molar refractivity (Wildman–Crippen MR) is 91.0 cm³/mol. The number of sulfonamides is 1. The van der Waals surface area contributed by atoms with Crippen molar-refractivity contribution in [2.75, 3.05) is 13.1 Å². The van der Waals surface area contributed by atoms with Crippen molar-refractivity contribution < 1.29 is 13.2 Å². The number of benzene rings is 1. The van der Waals surface area contributed by atoms with E-state index < -0.39 is 10.0 Å². The molecule has 2 aromatic rings. The van der Waals surface area contributed by atoms with E-state index in [0.29, 0.717) is 29.4 Å². The summed E-state index contributed by atoms with van der Waals surface area (Å²) in [4.78, 5) is 7.87. The molecule has 2 heterocycles. The molecule has 1 saturated heterocycles. The summed E-state index contributed by atoms with van der Waals surface area (Å²) in [5, 5.41) is 0.552. The van der Waals surface area contributed by atoms with Gasteiger partial charge in [0.2, 0.25) is 15.9 Å². The fourth-order valence-corrected chi connectivity index (χ4v) is 4.79. The molecule has 0 radical (unpaired) electrons. The van der Waals surface area contributed by atoms with Crippen LogP contribution in [0.1, 0.15) is 12.0 Å². The summed E-state index contributed by atoms with van der Waals surface area (Å²) in [5.74, 6) is 0.426. The van der Waals surface area contributed by atoms with E-state index in [4.69, 9.17) is 27.9 Å². The number of hydrogen-bond acceptors (Lipinski definition) is 5. The first-order chi connectivity index (χ1) is 11.4. The minimum Gasteiger partial charge on any atom is -0.473 e. The molecule has 0 aliphatic carbocycles. The second-order valence-corrected chi connectivity index (χ2v) is 8.19. The Balaban J connectivity index is 1.78. The van der Waals surface area contributed by atoms with Crippen LogP contribution in [0.25, 0.3) is 0 Å². The van der Waals surface area contributed by atoms with Gasteiger partial charge in [-0.2, -0.15) is 4.31 Å². The standard InChI is InChI=1S/C15H15Cl2N3O3S/c1-10-6-14(13(17)7-12(10)16)24(21,22)20-5-3-11(8-20)23-15-2-4-18-9-19-15/h2,4,6-7,9,11H,3,5,8H2,1H3/t11-/m0/s1. The van der Waals surface area contributed by atoms with Crippen LogP contribution >= 0.6 is 23.2 Å². The topological polar surface area (TPSA) is 72.4 Å². The molecule has 1 aromatic carbocycles. The first kappa shape index (κ1) is 17.4. The molecule has 1 aliphatic heterocycles. The van der Waals surface area contributed by atoms with E-state index >= 15 is 0 Å². The second-order valence-electron chi connectivity index (χ2n) is 5.47. The summed E-state index contributed by atoms with van der Waals surface area (Å²) in [6.45, 7) is 2.34. The largest absolute Gasteiger partial charge is 0.473 e. The third-order valence-electron chi connectivity index (χ3n) is 3.78. The lowest BCUT2D eigenvalue weighted by Gasteiger charge is -2.18. The minimum atomic E-state index is -3.70. The summed E-state index contributed by atoms with van der Waals surface area (Å²) in [7, 11) is -3.70. The Morgan fingerprint density at radius 1 is 1.29 bits per heavy atom. The summed E-state index contributed by atoms with van der Waals surface area (Å²) in [6, 6.07) is 4.59. The Bertz CT molecular complexity index is 847. The van der Waals surface area contributed by atoms with E-state index in [-0.39, 0.29) is 22.6 Å². The van der Waals surface area contributed by atoms with Gasteiger partial charge in [-0.3, -0.25) is 0 Å². The van der Waals surface area contributed by atoms with Crippen molar-refractivity contribution in [1.82, 2.24) is 14.3 Å². The van der Waals surface area contributed by atoms with Gasteiger partial charge in [-0.15, -0.1) is 0 Å². The Hall–Kier alpha value is -1.41. The van der Waals surface area contributed by atoms with Crippen LogP contribution in [0, 0.1) is 6.92 Å². The van der Waals surface area contributed by atoms with Crippen molar-refractivity contribution in [3.8, 4) is 5.88 Å². The number of aromatic nitrogens is 2. The molecular formula is C15H15Cl2N3O3S. The molecular weight excluding hydrogens is 373 g/mol. The van der Waals surface area contributed by atoms with Gasteiger partial charge in [0.25, 0.3) is 0 Å². The molecule has 0 N–H and O–H groups in total. The van der Waals surface area contributed by atoms with E-state index in [1.807, 2.05) is 0 Å². The molecule has 1 aromatic heterocycles. The summed E-state index contributed by atoms with van der Waals surface area (Å²) in [5.41, 5.74) is 0.660. The molecule has 1 atom stereocenters. The van der Waals surface area contributed by atoms with Gasteiger partial charge in [0.05, 0.1) is 11.6 Å². The molecule has 0 spiro atoms. The summed E-state index contributed by atoms with van der Waals surface area (Å²) >= 11 is 12.1. The molecule has 0 saturated carbocycles. The van der Waals surface area contributed by atoms with Crippen molar-refractivity contribution in [2.24, 2.45) is 0 Å². The van der Waals surface area contributed by atoms with E-state index in [9.17, 15) is 8.42 Å². The van der Waals surface area contributed by atoms with Crippen molar-refractivity contribution in [3.63, 3.8) is 0 Å². The van der Waals surface area contributed by atoms with Crippen LogP contribution in [-0.4, -0.2) is 41.9 Å². The van der Waals surface area contributed by atoms with Crippen molar-refractivity contribution in [2.45, 2.75) is 24.3 Å². The molecule has 1 fully saturated rings. The highest BCUT2D eigenvalue weighted by Gasteiger charge is 2.35. The summed E-state index contributed by atoms with van der Waals surface area (Å²) in [6.07, 6.45) is 3.27. The van der Waals surface area contributed by atoms with Gasteiger partial charge in [-0.25, -0.2) is 18.4 Å². The van der Waals surface area contributed by atoms with E-state index in [1.165, 1.54) is 22.8 Å². The fraction of sp³-hybridized carbons (Fsp3) is 0.333. The zero-order chi connectivity index (χ0) is 17.3. The molecule has 128 valence electrons. The molecule has 1 aliphatic rings. The highest BCUT2D eigenvalue weighted by atomic mass is 35.5. The van der Waals surface area contributed by atoms with E-state index in [1.54, 1.807) is 19.2 Å². The molecule has 0 bridgehead atoms. The lowest BCUT2D eigenvalue weighted by Crippen LogP contribution is -2.31. The molecule has 24 heavy (non-hydrogen) atoms. The number of rotatable bonds is 4. The first-order valence-corrected chi connectivity index (χ1v) is 9.46. The van der Waals surface area contributed by atoms with Gasteiger partial charge in [0.1, 0.15) is 17.3 Å². The van der Waals surface area contributed by atoms with Gasteiger partial charge in [0, 0.05) is 23.8 Å². The highest BCUT2D eigenvalue weighted by molar-refractivity contribution is 7.89. The smallest absolute Gasteiger partial charge is 0.244 e. The lowest BCUT2D eigenvalue weighted by atomic mass is 10.2. The minimum absolute atomic E-state index is 0.0637. The van der Waals surface area contributed by atoms with Gasteiger partial charge in [0.15, 0.2) is 0 Å². The number of hydrogen-bond donors (Lipinski definition) is 0. The molecule has 0 unspecified atom stereocenters. The first-order valence-electron chi connectivity index (χ1n) is 7.26. The molecule has 6 nitrogen and oxygen atoms in total. The van der Waals surface area contributed by atoms with Gasteiger partial charge >= 0.3 is 0 Å². The van der Waals surface area contributed by atoms with Gasteiger partial charge in [-0.05, 0) is 31.0 Å². The molecule has 9 heteroatoms. The normalized spacial score (nSPS) is 18.7. The van der Waals surface area contributed by atoms with Gasteiger partial charge in [-0.1, -0.05) is 23.2 Å². The zero-order valence-electron chi connectivity index (χ0n) is 12.8. The monoisotopic (exact) mass is 387 g/mol. The van der Waals surface area contributed by atoms with Crippen molar-refractivity contribution in [1.29, 1.82) is 0 Å². The lowest BCUT2D eigenvalue weighted by molar-refractivity contribution is 0.206. The second kappa shape index (κ2) is 6.84. The predicted octanol–water partition coefficient (Wildman–Crippen LogP) is 2.93. The van der Waals surface area contributed by atoms with Crippen LogP contribution in [-0.2, 0) is 10.0 Å². The van der Waals surface area contributed by atoms with E-state index in [2.05, 4.69) is 9.97 Å². The Morgan fingerprint density at radius 3 is 2.79 bits per heavy atom. The number of aryl methyl sites for hydroxylation is 1. The highest BCUT2D eigenvalue weighted by Crippen LogP contribution is 2.32. The van der Waals surface area contributed by atoms with Crippen LogP contribution in [0.2, 0.25) is 10.0 Å². The Morgan fingerprint density at radius 2 is 2.08 bits per heavy atom. The molecule has 0 amide bonds. The van der Waals surface area contributed by atoms with Crippen molar-refractivity contribution in [3.05, 3.63) is 46.3 Å². The maximum absolute atomic E-state index is 12.8. The number of nitrogens with zero attached hydrogens (tertiary/aromatic N) is 3. The van der Waals surface area contributed by atoms with Crippen LogP contribution in [0.3, 0.4) is 0 Å². The van der Waals surface area contributed by atoms with E-state index in [0.717, 1.165) is 0 Å². The third-order valence-corrected chi connectivity index (χ3v) is 6.52. The Labute approximate surface area is 150 Å². The average molecular weight is 388 g/mol. The van der Waals surface area contributed by atoms with Crippen LogP contribution in [0.15, 0.2) is 35.6 Å². The zero-order valence-corrected chi connectivity index (χ0v) is 15.1. The fourth-order valence-electron chi connectivity index (χ4n) is 2.50. The van der Waals surface area contributed by atoms with Crippen LogP contribution < -0.4 is 4.74 Å². The van der Waals surface area contributed by atoms with Crippen LogP contribution in [0.5, 0.6) is 5.88 Å². The quantitative estimate of drug-likeness (QED) is 0.806. The van der Waals surface area contributed by atoms with Crippen molar-refractivity contribution >= 4 is 33.2 Å². The Kier molecular flexibility index (Phi) is 4.96. The molecule has 3 rings (SSSR count). The van der Waals surface area contributed by atoms with Gasteiger partial charge < -0.3 is 4.74 Å². The average Bonchev–Trinajstić information content (AvgIpc) is 3.01.